The first-order valence-electron chi connectivity index (χ1n) is 11.3. The molecular formula is C26H23ClN6O4. The maximum Gasteiger partial charge on any atom is 0.267 e. The van der Waals surface area contributed by atoms with Crippen LogP contribution in [0.3, 0.4) is 0 Å². The zero-order valence-electron chi connectivity index (χ0n) is 19.8. The fourth-order valence-electron chi connectivity index (χ4n) is 3.38. The van der Waals surface area contributed by atoms with E-state index in [1.165, 1.54) is 29.2 Å². The molecule has 0 saturated heterocycles. The van der Waals surface area contributed by atoms with Gasteiger partial charge >= 0.3 is 0 Å². The highest BCUT2D eigenvalue weighted by molar-refractivity contribution is 6.30. The molecule has 10 nitrogen and oxygen atoms in total. The topological polar surface area (TPSA) is 142 Å². The third-order valence-electron chi connectivity index (χ3n) is 5.34. The number of pyridine rings is 2. The quantitative estimate of drug-likeness (QED) is 0.322. The summed E-state index contributed by atoms with van der Waals surface area (Å²) in [5.74, 6) is 0.498. The smallest absolute Gasteiger partial charge is 0.267 e. The predicted octanol–water partition coefficient (Wildman–Crippen LogP) is 3.89. The number of ether oxygens (including phenoxy) is 1. The number of nitrogens with two attached hydrogens (primary N) is 1. The van der Waals surface area contributed by atoms with Crippen molar-refractivity contribution >= 4 is 34.9 Å². The van der Waals surface area contributed by atoms with Crippen LogP contribution in [0, 0.1) is 0 Å². The average molecular weight is 519 g/mol. The number of hydrogen-bond acceptors (Lipinski definition) is 8. The van der Waals surface area contributed by atoms with E-state index in [4.69, 9.17) is 22.1 Å². The number of rotatable bonds is 10. The van der Waals surface area contributed by atoms with E-state index >= 15 is 0 Å². The van der Waals surface area contributed by atoms with Crippen LogP contribution in [-0.4, -0.2) is 31.2 Å². The van der Waals surface area contributed by atoms with Crippen molar-refractivity contribution in [1.29, 1.82) is 0 Å². The molecule has 3 N–H and O–H groups in total. The van der Waals surface area contributed by atoms with Gasteiger partial charge in [-0.3, -0.25) is 28.9 Å². The molecule has 0 spiro atoms. The highest BCUT2D eigenvalue weighted by Gasteiger charge is 2.14. The molecule has 0 radical (unpaired) electrons. The van der Waals surface area contributed by atoms with Crippen LogP contribution >= 0.6 is 11.6 Å². The number of amides is 1. The van der Waals surface area contributed by atoms with Gasteiger partial charge in [0.05, 0.1) is 17.3 Å². The highest BCUT2D eigenvalue weighted by Crippen LogP contribution is 2.24. The summed E-state index contributed by atoms with van der Waals surface area (Å²) in [6.45, 7) is 1.88. The number of primary amides is 1. The van der Waals surface area contributed by atoms with Crippen LogP contribution < -0.4 is 21.3 Å². The molecule has 188 valence electrons. The van der Waals surface area contributed by atoms with Gasteiger partial charge in [-0.15, -0.1) is 0 Å². The van der Waals surface area contributed by atoms with Gasteiger partial charge in [-0.2, -0.15) is 0 Å². The number of aromatic nitrogens is 4. The number of Topliss-reactive ketones (excluding diaryl/α,β-unsaturated/α-hetero) is 1. The van der Waals surface area contributed by atoms with Gasteiger partial charge < -0.3 is 15.8 Å². The molecule has 0 fully saturated rings. The van der Waals surface area contributed by atoms with Crippen molar-refractivity contribution in [2.75, 3.05) is 5.32 Å². The number of nitrogens with one attached hydrogen (secondary N) is 1. The normalized spacial score (nSPS) is 10.6. The molecule has 1 amide bonds. The van der Waals surface area contributed by atoms with Crippen molar-refractivity contribution in [2.24, 2.45) is 5.73 Å². The van der Waals surface area contributed by atoms with E-state index in [0.717, 1.165) is 0 Å². The lowest BCUT2D eigenvalue weighted by atomic mass is 10.1. The standard InChI is InChI=1S/C26H23ClN6O4/c1-2-20(34)11-16-13-31-26(33(25(16)36)15-19-4-3-17(27)14-30-19)32-18-5-7-21(8-6-18)37-22-9-10-29-23(12-22)24(28)35/h3-10,12-14H,2,11,15H2,1H3,(H2,28,35)(H,31,32). The van der Waals surface area contributed by atoms with E-state index < -0.39 is 5.91 Å². The summed E-state index contributed by atoms with van der Waals surface area (Å²) in [5, 5.41) is 3.62. The molecule has 11 heteroatoms. The van der Waals surface area contributed by atoms with Gasteiger partial charge in [-0.05, 0) is 42.5 Å². The van der Waals surface area contributed by atoms with E-state index in [1.807, 2.05) is 0 Å². The summed E-state index contributed by atoms with van der Waals surface area (Å²) in [5.41, 5.74) is 6.58. The maximum absolute atomic E-state index is 13.3. The monoisotopic (exact) mass is 518 g/mol. The summed E-state index contributed by atoms with van der Waals surface area (Å²) in [7, 11) is 0. The van der Waals surface area contributed by atoms with Crippen molar-refractivity contribution in [1.82, 2.24) is 19.5 Å². The average Bonchev–Trinajstić information content (AvgIpc) is 2.90. The third-order valence-corrected chi connectivity index (χ3v) is 5.56. The summed E-state index contributed by atoms with van der Waals surface area (Å²) in [6.07, 6.45) is 4.69. The molecule has 37 heavy (non-hydrogen) atoms. The van der Waals surface area contributed by atoms with Gasteiger partial charge in [0.15, 0.2) is 0 Å². The lowest BCUT2D eigenvalue weighted by Gasteiger charge is -2.15. The van der Waals surface area contributed by atoms with Gasteiger partial charge in [-0.25, -0.2) is 4.98 Å². The minimum Gasteiger partial charge on any atom is -0.457 e. The molecule has 0 unspecified atom stereocenters. The van der Waals surface area contributed by atoms with Crippen LogP contribution in [-0.2, 0) is 17.8 Å². The van der Waals surface area contributed by atoms with E-state index in [0.29, 0.717) is 39.9 Å². The van der Waals surface area contributed by atoms with E-state index in [9.17, 15) is 14.4 Å². The Kier molecular flexibility index (Phi) is 7.89. The van der Waals surface area contributed by atoms with Crippen molar-refractivity contribution in [2.45, 2.75) is 26.3 Å². The molecule has 1 aromatic carbocycles. The summed E-state index contributed by atoms with van der Waals surface area (Å²) in [6, 6.07) is 13.4. The number of nitrogens with zero attached hydrogens (tertiary/aromatic N) is 4. The van der Waals surface area contributed by atoms with Gasteiger partial charge in [0.2, 0.25) is 5.95 Å². The minimum atomic E-state index is -0.651. The Labute approximate surface area is 217 Å². The molecule has 4 rings (SSSR count). The number of carbonyl (C=O) groups is 2. The zero-order chi connectivity index (χ0) is 26.4. The maximum atomic E-state index is 13.3. The Balaban J connectivity index is 1.58. The van der Waals surface area contributed by atoms with Crippen LogP contribution in [0.15, 0.2) is 71.9 Å². The van der Waals surface area contributed by atoms with E-state index in [1.54, 1.807) is 49.4 Å². The van der Waals surface area contributed by atoms with Gasteiger partial charge in [0, 0.05) is 48.7 Å². The molecule has 3 aromatic heterocycles. The SMILES string of the molecule is CCC(=O)Cc1cnc(Nc2ccc(Oc3ccnc(C(N)=O)c3)cc2)n(Cc2ccc(Cl)cn2)c1=O. The first kappa shape index (κ1) is 25.5. The van der Waals surface area contributed by atoms with Crippen LogP contribution in [0.5, 0.6) is 11.5 Å². The Morgan fingerprint density at radius 3 is 2.49 bits per heavy atom. The molecular weight excluding hydrogens is 496 g/mol. The van der Waals surface area contributed by atoms with Crippen LogP contribution in [0.25, 0.3) is 0 Å². The van der Waals surface area contributed by atoms with Crippen molar-refractivity contribution in [3.8, 4) is 11.5 Å². The Hall–Kier alpha value is -4.57. The van der Waals surface area contributed by atoms with Gasteiger partial charge in [-0.1, -0.05) is 18.5 Å². The summed E-state index contributed by atoms with van der Waals surface area (Å²) in [4.78, 5) is 49.1. The van der Waals surface area contributed by atoms with Gasteiger partial charge in [0.25, 0.3) is 11.5 Å². The number of halogens is 1. The Bertz CT molecular complexity index is 1490. The Morgan fingerprint density at radius 2 is 1.81 bits per heavy atom. The largest absolute Gasteiger partial charge is 0.457 e. The second kappa shape index (κ2) is 11.4. The van der Waals surface area contributed by atoms with Crippen LogP contribution in [0.1, 0.15) is 35.1 Å². The molecule has 0 bridgehead atoms. The first-order chi connectivity index (χ1) is 17.8. The lowest BCUT2D eigenvalue weighted by Crippen LogP contribution is -2.28. The second-order valence-corrected chi connectivity index (χ2v) is 8.46. The Morgan fingerprint density at radius 1 is 1.03 bits per heavy atom. The first-order valence-corrected chi connectivity index (χ1v) is 11.7. The molecule has 4 aromatic rings. The minimum absolute atomic E-state index is 0.00910. The van der Waals surface area contributed by atoms with Crippen LogP contribution in [0.2, 0.25) is 5.02 Å². The molecule has 0 atom stereocenters. The number of benzene rings is 1. The van der Waals surface area contributed by atoms with E-state index in [2.05, 4.69) is 20.3 Å². The van der Waals surface area contributed by atoms with Crippen LogP contribution in [0.4, 0.5) is 11.6 Å². The number of anilines is 2. The fraction of sp³-hybridized carbons (Fsp3) is 0.154. The molecule has 0 aliphatic carbocycles. The summed E-state index contributed by atoms with van der Waals surface area (Å²) < 4.78 is 7.20. The number of ketones is 1. The molecule has 3 heterocycles. The molecule has 0 aliphatic heterocycles. The molecule has 0 saturated carbocycles. The predicted molar refractivity (Wildman–Crippen MR) is 138 cm³/mol. The number of hydrogen-bond donors (Lipinski definition) is 2. The van der Waals surface area contributed by atoms with E-state index in [-0.39, 0.29) is 36.0 Å². The van der Waals surface area contributed by atoms with Gasteiger partial charge in [0.1, 0.15) is 23.0 Å². The third kappa shape index (κ3) is 6.56. The summed E-state index contributed by atoms with van der Waals surface area (Å²) >= 11 is 5.94. The second-order valence-electron chi connectivity index (χ2n) is 8.03. The number of carbonyl (C=O) groups excluding carboxylic acids is 2. The lowest BCUT2D eigenvalue weighted by molar-refractivity contribution is -0.118. The van der Waals surface area contributed by atoms with Crippen molar-refractivity contribution < 1.29 is 14.3 Å². The fourth-order valence-corrected chi connectivity index (χ4v) is 3.49. The highest BCUT2D eigenvalue weighted by atomic mass is 35.5. The van der Waals surface area contributed by atoms with Crippen molar-refractivity contribution in [3.63, 3.8) is 0 Å². The molecule has 0 aliphatic rings. The van der Waals surface area contributed by atoms with Crippen molar-refractivity contribution in [3.05, 3.63) is 99.4 Å². The zero-order valence-corrected chi connectivity index (χ0v) is 20.6.